The van der Waals surface area contributed by atoms with Gasteiger partial charge in [0.25, 0.3) is 0 Å². The van der Waals surface area contributed by atoms with Crippen LogP contribution in [0.15, 0.2) is 0 Å². The van der Waals surface area contributed by atoms with Crippen LogP contribution in [0.25, 0.3) is 0 Å². The maximum absolute atomic E-state index is 13.0. The molecule has 0 radical (unpaired) electrons. The molecule has 88 heavy (non-hydrogen) atoms. The molecule has 0 aliphatic rings. The zero-order chi connectivity index (χ0) is 65.0. The third-order valence-electron chi connectivity index (χ3n) is 16.0. The number of hydrogen-bond acceptors (Lipinski definition) is 15. The number of carbonyl (C=O) groups is 4. The predicted octanol–water partition coefficient (Wildman–Crippen LogP) is 19.6. The van der Waals surface area contributed by atoms with Crippen LogP contribution in [0, 0.1) is 11.8 Å². The number of hydrogen-bond donors (Lipinski definition) is 3. The summed E-state index contributed by atoms with van der Waals surface area (Å²) in [5.41, 5.74) is 0. The number of aliphatic hydroxyl groups is 1. The highest BCUT2D eigenvalue weighted by Crippen LogP contribution is 2.45. The Morgan fingerprint density at radius 3 is 0.773 bits per heavy atom. The van der Waals surface area contributed by atoms with Crippen LogP contribution in [0.1, 0.15) is 350 Å². The minimum Gasteiger partial charge on any atom is -0.462 e. The van der Waals surface area contributed by atoms with Crippen molar-refractivity contribution in [1.29, 1.82) is 0 Å². The van der Waals surface area contributed by atoms with Crippen LogP contribution in [-0.4, -0.2) is 96.7 Å². The molecule has 17 nitrogen and oxygen atoms in total. The summed E-state index contributed by atoms with van der Waals surface area (Å²) < 4.78 is 68.2. The van der Waals surface area contributed by atoms with Crippen molar-refractivity contribution < 1.29 is 80.2 Å². The quantitative estimate of drug-likeness (QED) is 0.0222. The lowest BCUT2D eigenvalue weighted by Crippen LogP contribution is -2.30. The van der Waals surface area contributed by atoms with Gasteiger partial charge in [0.05, 0.1) is 26.4 Å². The minimum absolute atomic E-state index is 0.106. The lowest BCUT2D eigenvalue weighted by atomic mass is 10.0. The van der Waals surface area contributed by atoms with E-state index in [1.165, 1.54) is 167 Å². The van der Waals surface area contributed by atoms with Gasteiger partial charge in [-0.1, -0.05) is 298 Å². The number of phosphoric ester groups is 2. The van der Waals surface area contributed by atoms with E-state index in [-0.39, 0.29) is 25.7 Å². The molecular formula is C69H134O17P2. The van der Waals surface area contributed by atoms with Gasteiger partial charge in [-0.25, -0.2) is 9.13 Å². The Morgan fingerprint density at radius 2 is 0.523 bits per heavy atom. The zero-order valence-electron chi connectivity index (χ0n) is 57.0. The van der Waals surface area contributed by atoms with Crippen molar-refractivity contribution in [2.75, 3.05) is 39.6 Å². The highest BCUT2D eigenvalue weighted by molar-refractivity contribution is 7.47. The van der Waals surface area contributed by atoms with Gasteiger partial charge >= 0.3 is 39.5 Å². The van der Waals surface area contributed by atoms with Crippen molar-refractivity contribution in [2.45, 2.75) is 368 Å². The number of aliphatic hydroxyl groups excluding tert-OH is 1. The smallest absolute Gasteiger partial charge is 0.462 e. The first kappa shape index (κ1) is 86.1. The summed E-state index contributed by atoms with van der Waals surface area (Å²) in [6.45, 7) is 9.53. The number of ether oxygens (including phenoxy) is 4. The second kappa shape index (κ2) is 61.3. The molecular weight excluding hydrogens is 1160 g/mol. The number of rotatable bonds is 68. The zero-order valence-corrected chi connectivity index (χ0v) is 58.8. The first-order chi connectivity index (χ1) is 42.4. The molecule has 0 aromatic heterocycles. The molecule has 3 N–H and O–H groups in total. The van der Waals surface area contributed by atoms with Crippen LogP contribution in [0.5, 0.6) is 0 Å². The van der Waals surface area contributed by atoms with E-state index >= 15 is 0 Å². The molecule has 0 aliphatic carbocycles. The summed E-state index contributed by atoms with van der Waals surface area (Å²) in [5.74, 6) is -0.601. The lowest BCUT2D eigenvalue weighted by Gasteiger charge is -2.21. The van der Waals surface area contributed by atoms with Crippen LogP contribution in [-0.2, 0) is 65.4 Å². The van der Waals surface area contributed by atoms with Crippen LogP contribution < -0.4 is 0 Å². The molecule has 5 atom stereocenters. The van der Waals surface area contributed by atoms with Crippen LogP contribution in [0.2, 0.25) is 0 Å². The summed E-state index contributed by atoms with van der Waals surface area (Å²) in [6, 6.07) is 0. The fraction of sp³-hybridized carbons (Fsp3) is 0.942. The van der Waals surface area contributed by atoms with Gasteiger partial charge in [0.2, 0.25) is 0 Å². The third-order valence-corrected chi connectivity index (χ3v) is 17.9. The standard InChI is InChI=1S/C69H134O17P2/c1-7-9-11-13-15-17-20-29-35-41-47-53-68(73)85-64(57-79-66(71)51-45-39-33-27-18-16-14-12-10-8-2)59-83-87(75,76)81-55-63(70)56-82-88(77,78)84-60-65(58-80-67(72)52-46-40-34-28-24-23-26-32-38-44-50-62(5)6)86-69(74)54-48-42-36-30-22-19-21-25-31-37-43-49-61(3)4/h61-65,70H,7-60H2,1-6H3,(H,75,76)(H,77,78)/t63-,64+,65+/m0/s1. The van der Waals surface area contributed by atoms with E-state index in [9.17, 15) is 43.2 Å². The van der Waals surface area contributed by atoms with Gasteiger partial charge < -0.3 is 33.8 Å². The Balaban J connectivity index is 5.25. The largest absolute Gasteiger partial charge is 0.472 e. The highest BCUT2D eigenvalue weighted by atomic mass is 31.2. The fourth-order valence-electron chi connectivity index (χ4n) is 10.4. The van der Waals surface area contributed by atoms with Gasteiger partial charge in [-0.3, -0.25) is 37.3 Å². The summed E-state index contributed by atoms with van der Waals surface area (Å²) >= 11 is 0. The molecule has 0 saturated heterocycles. The molecule has 0 bridgehead atoms. The van der Waals surface area contributed by atoms with E-state index in [4.69, 9.17) is 37.0 Å². The summed E-state index contributed by atoms with van der Waals surface area (Å²) in [5, 5.41) is 10.6. The molecule has 0 rings (SSSR count). The Labute approximate surface area is 537 Å². The lowest BCUT2D eigenvalue weighted by molar-refractivity contribution is -0.161. The van der Waals surface area contributed by atoms with E-state index in [1.807, 2.05) is 0 Å². The van der Waals surface area contributed by atoms with E-state index in [1.54, 1.807) is 0 Å². The first-order valence-corrected chi connectivity index (χ1v) is 39.0. The van der Waals surface area contributed by atoms with Gasteiger partial charge in [0, 0.05) is 25.7 Å². The average Bonchev–Trinajstić information content (AvgIpc) is 3.70. The monoisotopic (exact) mass is 1300 g/mol. The molecule has 0 heterocycles. The predicted molar refractivity (Wildman–Crippen MR) is 354 cm³/mol. The average molecular weight is 1300 g/mol. The van der Waals surface area contributed by atoms with Crippen molar-refractivity contribution >= 4 is 39.5 Å². The minimum atomic E-state index is -4.95. The Morgan fingerprint density at radius 1 is 0.307 bits per heavy atom. The van der Waals surface area contributed by atoms with Gasteiger partial charge in [0.15, 0.2) is 12.2 Å². The van der Waals surface area contributed by atoms with Gasteiger partial charge in [-0.15, -0.1) is 0 Å². The van der Waals surface area contributed by atoms with Crippen LogP contribution in [0.4, 0.5) is 0 Å². The molecule has 0 aromatic rings. The Kier molecular flexibility index (Phi) is 59.9. The first-order valence-electron chi connectivity index (χ1n) is 36.0. The normalized spacial score (nSPS) is 14.2. The van der Waals surface area contributed by atoms with Gasteiger partial charge in [-0.2, -0.15) is 0 Å². The molecule has 0 saturated carbocycles. The van der Waals surface area contributed by atoms with E-state index in [0.29, 0.717) is 25.7 Å². The molecule has 0 spiro atoms. The van der Waals surface area contributed by atoms with Crippen molar-refractivity contribution in [3.8, 4) is 0 Å². The number of unbranched alkanes of at least 4 members (excludes halogenated alkanes) is 38. The van der Waals surface area contributed by atoms with E-state index in [0.717, 1.165) is 102 Å². The summed E-state index contributed by atoms with van der Waals surface area (Å²) in [7, 11) is -9.90. The second-order valence-corrected chi connectivity index (χ2v) is 28.8. The highest BCUT2D eigenvalue weighted by Gasteiger charge is 2.30. The van der Waals surface area contributed by atoms with Gasteiger partial charge in [-0.05, 0) is 37.5 Å². The molecule has 0 aliphatic heterocycles. The molecule has 522 valence electrons. The molecule has 19 heteroatoms. The van der Waals surface area contributed by atoms with Gasteiger partial charge in [0.1, 0.15) is 19.3 Å². The van der Waals surface area contributed by atoms with Crippen molar-refractivity contribution in [1.82, 2.24) is 0 Å². The van der Waals surface area contributed by atoms with Crippen molar-refractivity contribution in [3.05, 3.63) is 0 Å². The Bertz CT molecular complexity index is 1720. The Hall–Kier alpha value is -1.94. The second-order valence-electron chi connectivity index (χ2n) is 25.9. The summed E-state index contributed by atoms with van der Waals surface area (Å²) in [4.78, 5) is 72.5. The maximum Gasteiger partial charge on any atom is 0.472 e. The molecule has 0 amide bonds. The number of esters is 4. The fourth-order valence-corrected chi connectivity index (χ4v) is 12.0. The van der Waals surface area contributed by atoms with E-state index < -0.39 is 97.5 Å². The topological polar surface area (TPSA) is 237 Å². The van der Waals surface area contributed by atoms with Crippen molar-refractivity contribution in [3.63, 3.8) is 0 Å². The molecule has 0 fully saturated rings. The number of phosphoric acid groups is 2. The van der Waals surface area contributed by atoms with Crippen molar-refractivity contribution in [2.24, 2.45) is 11.8 Å². The molecule has 2 unspecified atom stereocenters. The maximum atomic E-state index is 13.0. The SMILES string of the molecule is CCCCCCCCCCCCCC(=O)O[C@H](COC(=O)CCCCCCCCCCCC)COP(=O)(O)OC[C@H](O)COP(=O)(O)OC[C@@H](COC(=O)CCCCCCCCCCCCC(C)C)OC(=O)CCCCCCCCCCCCCC(C)C. The van der Waals surface area contributed by atoms with E-state index in [2.05, 4.69) is 41.5 Å². The number of carbonyl (C=O) groups excluding carboxylic acids is 4. The van der Waals surface area contributed by atoms with Crippen LogP contribution >= 0.6 is 15.6 Å². The molecule has 0 aromatic carbocycles. The third kappa shape index (κ3) is 62.8. The van der Waals surface area contributed by atoms with Crippen LogP contribution in [0.3, 0.4) is 0 Å². The summed E-state index contributed by atoms with van der Waals surface area (Å²) in [6.07, 6.45) is 45.6.